The van der Waals surface area contributed by atoms with Gasteiger partial charge in [0.15, 0.2) is 0 Å². The van der Waals surface area contributed by atoms with Gasteiger partial charge >= 0.3 is 6.09 Å². The van der Waals surface area contributed by atoms with E-state index in [1.165, 1.54) is 5.56 Å². The van der Waals surface area contributed by atoms with E-state index in [0.717, 1.165) is 40.1 Å². The summed E-state index contributed by atoms with van der Waals surface area (Å²) in [6, 6.07) is 5.52. The van der Waals surface area contributed by atoms with Gasteiger partial charge in [0.1, 0.15) is 11.6 Å². The fraction of sp³-hybridized carbons (Fsp3) is 0.176. The topological polar surface area (TPSA) is 104 Å². The van der Waals surface area contributed by atoms with Crippen LogP contribution in [0.25, 0.3) is 11.3 Å². The van der Waals surface area contributed by atoms with Crippen LogP contribution < -0.4 is 5.32 Å². The summed E-state index contributed by atoms with van der Waals surface area (Å²) in [7, 11) is 0. The van der Waals surface area contributed by atoms with Crippen molar-refractivity contribution in [1.29, 1.82) is 0 Å². The molecule has 7 nitrogen and oxygen atoms in total. The quantitative estimate of drug-likeness (QED) is 0.621. The SMILES string of the molecule is O=C(O)Nc1ccc(-c2c[nH]c(C3CCc4cc(Br)cnc43)n2)cn1. The lowest BCUT2D eigenvalue weighted by Gasteiger charge is -2.07. The molecule has 0 saturated carbocycles. The second kappa shape index (κ2) is 6.29. The third-order valence-electron chi connectivity index (χ3n) is 4.22. The minimum atomic E-state index is -1.14. The maximum atomic E-state index is 10.6. The number of nitrogens with zero attached hydrogens (tertiary/aromatic N) is 3. The molecule has 0 fully saturated rings. The highest BCUT2D eigenvalue weighted by Gasteiger charge is 2.28. The van der Waals surface area contributed by atoms with Gasteiger partial charge in [-0.2, -0.15) is 0 Å². The maximum absolute atomic E-state index is 10.6. The number of anilines is 1. The first-order valence-electron chi connectivity index (χ1n) is 7.76. The van der Waals surface area contributed by atoms with Crippen LogP contribution in [-0.2, 0) is 6.42 Å². The molecule has 25 heavy (non-hydrogen) atoms. The molecule has 1 amide bonds. The van der Waals surface area contributed by atoms with Gasteiger partial charge < -0.3 is 10.1 Å². The summed E-state index contributed by atoms with van der Waals surface area (Å²) in [5, 5.41) is 10.9. The van der Waals surface area contributed by atoms with Gasteiger partial charge in [-0.05, 0) is 52.5 Å². The van der Waals surface area contributed by atoms with Crippen LogP contribution in [0.1, 0.15) is 29.4 Å². The molecule has 1 aliphatic carbocycles. The standard InChI is InChI=1S/C17H14BrN5O2/c18-11-5-9-1-3-12(15(9)20-7-11)16-21-8-13(22-16)10-2-4-14(19-6-10)23-17(24)25/h2,4-8,12H,1,3H2,(H,19,23)(H,21,22)(H,24,25). The van der Waals surface area contributed by atoms with Gasteiger partial charge in [0.05, 0.1) is 17.3 Å². The number of aryl methyl sites for hydroxylation is 1. The number of fused-ring (bicyclic) bond motifs is 1. The predicted octanol–water partition coefficient (Wildman–Crippen LogP) is 3.80. The zero-order chi connectivity index (χ0) is 17.4. The molecular formula is C17H14BrN5O2. The van der Waals surface area contributed by atoms with Crippen LogP contribution in [0.15, 0.2) is 41.3 Å². The van der Waals surface area contributed by atoms with E-state index in [1.54, 1.807) is 18.3 Å². The molecule has 3 N–H and O–H groups in total. The van der Waals surface area contributed by atoms with E-state index in [4.69, 9.17) is 10.1 Å². The third-order valence-corrected chi connectivity index (χ3v) is 4.66. The first-order chi connectivity index (χ1) is 12.1. The zero-order valence-corrected chi connectivity index (χ0v) is 14.6. The highest BCUT2D eigenvalue weighted by molar-refractivity contribution is 9.10. The van der Waals surface area contributed by atoms with Gasteiger partial charge in [-0.15, -0.1) is 0 Å². The van der Waals surface area contributed by atoms with Crippen molar-refractivity contribution in [2.24, 2.45) is 0 Å². The van der Waals surface area contributed by atoms with Crippen molar-refractivity contribution in [2.75, 3.05) is 5.32 Å². The summed E-state index contributed by atoms with van der Waals surface area (Å²) in [6.07, 6.45) is 6.09. The number of aromatic amines is 1. The van der Waals surface area contributed by atoms with E-state index in [-0.39, 0.29) is 11.7 Å². The number of rotatable bonds is 3. The smallest absolute Gasteiger partial charge is 0.410 e. The molecule has 0 spiro atoms. The number of nitrogens with one attached hydrogen (secondary N) is 2. The Hall–Kier alpha value is -2.74. The third kappa shape index (κ3) is 3.12. The first kappa shape index (κ1) is 15.8. The first-order valence-corrected chi connectivity index (χ1v) is 8.55. The van der Waals surface area contributed by atoms with E-state index >= 15 is 0 Å². The fourth-order valence-corrected chi connectivity index (χ4v) is 3.48. The van der Waals surface area contributed by atoms with E-state index < -0.39 is 6.09 Å². The summed E-state index contributed by atoms with van der Waals surface area (Å²) in [5.74, 6) is 1.33. The molecule has 1 unspecified atom stereocenters. The normalized spacial score (nSPS) is 15.8. The average molecular weight is 400 g/mol. The Morgan fingerprint density at radius 1 is 1.32 bits per heavy atom. The second-order valence-corrected chi connectivity index (χ2v) is 6.74. The molecular weight excluding hydrogens is 386 g/mol. The van der Waals surface area contributed by atoms with Gasteiger partial charge in [0.25, 0.3) is 0 Å². The summed E-state index contributed by atoms with van der Waals surface area (Å²) in [6.45, 7) is 0. The number of carbonyl (C=O) groups is 1. The van der Waals surface area contributed by atoms with Crippen molar-refractivity contribution in [2.45, 2.75) is 18.8 Å². The van der Waals surface area contributed by atoms with Crippen LogP contribution in [0, 0.1) is 0 Å². The molecule has 3 heterocycles. The number of H-pyrrole nitrogens is 1. The van der Waals surface area contributed by atoms with Crippen molar-refractivity contribution >= 4 is 27.8 Å². The van der Waals surface area contributed by atoms with Crippen LogP contribution >= 0.6 is 15.9 Å². The van der Waals surface area contributed by atoms with Crippen LogP contribution in [0.3, 0.4) is 0 Å². The average Bonchev–Trinajstić information content (AvgIpc) is 3.21. The molecule has 8 heteroatoms. The van der Waals surface area contributed by atoms with Crippen molar-refractivity contribution in [3.05, 3.63) is 58.3 Å². The Balaban J connectivity index is 1.58. The van der Waals surface area contributed by atoms with Crippen molar-refractivity contribution in [3.8, 4) is 11.3 Å². The fourth-order valence-electron chi connectivity index (χ4n) is 3.10. The molecule has 0 aliphatic heterocycles. The van der Waals surface area contributed by atoms with Gasteiger partial charge in [0.2, 0.25) is 0 Å². The molecule has 0 bridgehead atoms. The Kier molecular flexibility index (Phi) is 3.96. The van der Waals surface area contributed by atoms with Gasteiger partial charge in [-0.1, -0.05) is 0 Å². The van der Waals surface area contributed by atoms with Gasteiger partial charge in [0, 0.05) is 28.6 Å². The lowest BCUT2D eigenvalue weighted by atomic mass is 10.1. The molecule has 3 aromatic rings. The van der Waals surface area contributed by atoms with Crippen molar-refractivity contribution in [1.82, 2.24) is 19.9 Å². The molecule has 4 rings (SSSR count). The number of amides is 1. The monoisotopic (exact) mass is 399 g/mol. The number of aromatic nitrogens is 4. The lowest BCUT2D eigenvalue weighted by Crippen LogP contribution is -2.08. The molecule has 0 aromatic carbocycles. The minimum absolute atomic E-state index is 0.165. The second-order valence-electron chi connectivity index (χ2n) is 5.82. The Morgan fingerprint density at radius 3 is 2.96 bits per heavy atom. The molecule has 0 radical (unpaired) electrons. The number of hydrogen-bond donors (Lipinski definition) is 3. The molecule has 3 aromatic heterocycles. The lowest BCUT2D eigenvalue weighted by molar-refractivity contribution is 0.209. The highest BCUT2D eigenvalue weighted by atomic mass is 79.9. The van der Waals surface area contributed by atoms with Crippen molar-refractivity contribution in [3.63, 3.8) is 0 Å². The van der Waals surface area contributed by atoms with Crippen LogP contribution in [0.5, 0.6) is 0 Å². The number of hydrogen-bond acceptors (Lipinski definition) is 4. The highest BCUT2D eigenvalue weighted by Crippen LogP contribution is 2.37. The Morgan fingerprint density at radius 2 is 2.20 bits per heavy atom. The van der Waals surface area contributed by atoms with Crippen LogP contribution in [0.4, 0.5) is 10.6 Å². The maximum Gasteiger partial charge on any atom is 0.410 e. The number of pyridine rings is 2. The van der Waals surface area contributed by atoms with E-state index in [2.05, 4.69) is 42.3 Å². The summed E-state index contributed by atoms with van der Waals surface area (Å²) in [4.78, 5) is 27.2. The van der Waals surface area contributed by atoms with Gasteiger partial charge in [-0.25, -0.2) is 14.8 Å². The summed E-state index contributed by atoms with van der Waals surface area (Å²) >= 11 is 3.46. The number of halogens is 1. The number of imidazole rings is 1. The summed E-state index contributed by atoms with van der Waals surface area (Å²) in [5.41, 5.74) is 3.92. The molecule has 1 aliphatic rings. The summed E-state index contributed by atoms with van der Waals surface area (Å²) < 4.78 is 0.994. The van der Waals surface area contributed by atoms with E-state index in [1.807, 2.05) is 12.4 Å². The minimum Gasteiger partial charge on any atom is -0.465 e. The Bertz CT molecular complexity index is 938. The zero-order valence-electron chi connectivity index (χ0n) is 13.0. The van der Waals surface area contributed by atoms with Crippen LogP contribution in [0.2, 0.25) is 0 Å². The van der Waals surface area contributed by atoms with E-state index in [0.29, 0.717) is 0 Å². The predicted molar refractivity (Wildman–Crippen MR) is 95.6 cm³/mol. The number of carboxylic acid groups (broad SMARTS) is 1. The largest absolute Gasteiger partial charge is 0.465 e. The molecule has 126 valence electrons. The molecule has 0 saturated heterocycles. The van der Waals surface area contributed by atoms with Crippen molar-refractivity contribution < 1.29 is 9.90 Å². The van der Waals surface area contributed by atoms with Gasteiger partial charge in [-0.3, -0.25) is 10.3 Å². The van der Waals surface area contributed by atoms with Crippen LogP contribution in [-0.4, -0.2) is 31.1 Å². The molecule has 1 atom stereocenters. The Labute approximate surface area is 151 Å². The van der Waals surface area contributed by atoms with E-state index in [9.17, 15) is 4.79 Å².